The molecule has 1 heterocycles. The lowest BCUT2D eigenvalue weighted by molar-refractivity contribution is -0.124. The number of carbonyl (C=O) groups excluding carboxylic acids is 1. The minimum absolute atomic E-state index is 0.0857. The Hall–Kier alpha value is -1.06. The fourth-order valence-electron chi connectivity index (χ4n) is 1.68. The van der Waals surface area contributed by atoms with Gasteiger partial charge >= 0.3 is 0 Å². The predicted octanol–water partition coefficient (Wildman–Crippen LogP) is 2.77. The highest BCUT2D eigenvalue weighted by atomic mass is 35.5. The van der Waals surface area contributed by atoms with Crippen molar-refractivity contribution in [3.63, 3.8) is 0 Å². The van der Waals surface area contributed by atoms with E-state index in [2.05, 4.69) is 5.32 Å². The van der Waals surface area contributed by atoms with Crippen molar-refractivity contribution >= 4 is 23.2 Å². The van der Waals surface area contributed by atoms with E-state index in [1.54, 1.807) is 6.07 Å². The number of rotatable bonds is 2. The molecule has 0 spiro atoms. The molecule has 1 fully saturated rings. The number of benzene rings is 1. The average Bonchev–Trinajstić information content (AvgIpc) is 2.77. The van der Waals surface area contributed by atoms with Crippen LogP contribution in [-0.2, 0) is 9.53 Å². The number of nitrogens with one attached hydrogen (secondary N) is 1. The molecule has 1 saturated heterocycles. The molecule has 0 aromatic heterocycles. The van der Waals surface area contributed by atoms with Gasteiger partial charge in [0.2, 0.25) is 0 Å². The van der Waals surface area contributed by atoms with Crippen molar-refractivity contribution in [3.05, 3.63) is 28.8 Å². The second kappa shape index (κ2) is 4.85. The van der Waals surface area contributed by atoms with Gasteiger partial charge in [-0.25, -0.2) is 0 Å². The molecule has 1 unspecified atom stereocenters. The van der Waals surface area contributed by atoms with Gasteiger partial charge < -0.3 is 10.1 Å². The van der Waals surface area contributed by atoms with Crippen LogP contribution in [0.25, 0.3) is 0 Å². The molecule has 1 aromatic rings. The zero-order chi connectivity index (χ0) is 11.5. The van der Waals surface area contributed by atoms with Gasteiger partial charge in [0.05, 0.1) is 0 Å². The molecule has 0 saturated carbocycles. The average molecular weight is 240 g/mol. The summed E-state index contributed by atoms with van der Waals surface area (Å²) in [6.45, 7) is 2.60. The summed E-state index contributed by atoms with van der Waals surface area (Å²) in [6, 6.07) is 5.48. The van der Waals surface area contributed by atoms with Crippen LogP contribution in [0.4, 0.5) is 5.69 Å². The molecule has 1 amide bonds. The molecule has 0 bridgehead atoms. The summed E-state index contributed by atoms with van der Waals surface area (Å²) >= 11 is 5.97. The molecule has 1 atom stereocenters. The minimum atomic E-state index is -0.305. The van der Waals surface area contributed by atoms with E-state index in [4.69, 9.17) is 16.3 Å². The highest BCUT2D eigenvalue weighted by Crippen LogP contribution is 2.21. The smallest absolute Gasteiger partial charge is 0.253 e. The van der Waals surface area contributed by atoms with E-state index in [0.717, 1.165) is 24.1 Å². The highest BCUT2D eigenvalue weighted by Gasteiger charge is 2.23. The lowest BCUT2D eigenvalue weighted by Crippen LogP contribution is -2.26. The summed E-state index contributed by atoms with van der Waals surface area (Å²) in [6.07, 6.45) is 1.44. The molecule has 1 aliphatic rings. The summed E-state index contributed by atoms with van der Waals surface area (Å²) in [4.78, 5) is 11.7. The topological polar surface area (TPSA) is 38.3 Å². The Labute approximate surface area is 99.7 Å². The number of aryl methyl sites for hydroxylation is 1. The first kappa shape index (κ1) is 11.4. The number of carbonyl (C=O) groups is 1. The summed E-state index contributed by atoms with van der Waals surface area (Å²) in [5.41, 5.74) is 1.72. The standard InChI is InChI=1S/C12H14ClNO2/c1-8-4-5-9(7-10(8)13)14-12(15)11-3-2-6-16-11/h4-5,7,11H,2-3,6H2,1H3,(H,14,15). The van der Waals surface area contributed by atoms with E-state index < -0.39 is 0 Å². The second-order valence-electron chi connectivity index (χ2n) is 3.95. The number of halogens is 1. The quantitative estimate of drug-likeness (QED) is 0.862. The molecule has 2 rings (SSSR count). The van der Waals surface area contributed by atoms with E-state index >= 15 is 0 Å². The number of amides is 1. The second-order valence-corrected chi connectivity index (χ2v) is 4.36. The van der Waals surface area contributed by atoms with Crippen molar-refractivity contribution in [1.82, 2.24) is 0 Å². The third-order valence-corrected chi connectivity index (χ3v) is 3.07. The van der Waals surface area contributed by atoms with E-state index in [-0.39, 0.29) is 12.0 Å². The van der Waals surface area contributed by atoms with E-state index in [9.17, 15) is 4.79 Å². The van der Waals surface area contributed by atoms with Crippen molar-refractivity contribution in [2.24, 2.45) is 0 Å². The largest absolute Gasteiger partial charge is 0.368 e. The van der Waals surface area contributed by atoms with Crippen LogP contribution < -0.4 is 5.32 Å². The Kier molecular flexibility index (Phi) is 3.46. The molecular formula is C12H14ClNO2. The molecule has 3 nitrogen and oxygen atoms in total. The summed E-state index contributed by atoms with van der Waals surface area (Å²) in [5, 5.41) is 3.46. The van der Waals surface area contributed by atoms with Gasteiger partial charge in [-0.15, -0.1) is 0 Å². The maximum Gasteiger partial charge on any atom is 0.253 e. The maximum atomic E-state index is 11.7. The molecular weight excluding hydrogens is 226 g/mol. The lowest BCUT2D eigenvalue weighted by Gasteiger charge is -2.11. The van der Waals surface area contributed by atoms with Crippen LogP contribution >= 0.6 is 11.6 Å². The van der Waals surface area contributed by atoms with Crippen LogP contribution in [-0.4, -0.2) is 18.6 Å². The summed E-state index contributed by atoms with van der Waals surface area (Å²) in [5.74, 6) is -0.0857. The van der Waals surface area contributed by atoms with Crippen molar-refractivity contribution in [2.75, 3.05) is 11.9 Å². The van der Waals surface area contributed by atoms with Crippen LogP contribution in [0.15, 0.2) is 18.2 Å². The fraction of sp³-hybridized carbons (Fsp3) is 0.417. The van der Waals surface area contributed by atoms with Crippen LogP contribution in [0.1, 0.15) is 18.4 Å². The van der Waals surface area contributed by atoms with Gasteiger partial charge in [-0.05, 0) is 37.5 Å². The zero-order valence-electron chi connectivity index (χ0n) is 9.13. The van der Waals surface area contributed by atoms with E-state index in [0.29, 0.717) is 11.6 Å². The first-order valence-electron chi connectivity index (χ1n) is 5.35. The van der Waals surface area contributed by atoms with E-state index in [1.807, 2.05) is 19.1 Å². The van der Waals surface area contributed by atoms with Crippen LogP contribution in [0.3, 0.4) is 0 Å². The Balaban J connectivity index is 2.02. The normalized spacial score (nSPS) is 19.8. The molecule has 1 aromatic carbocycles. The molecule has 0 radical (unpaired) electrons. The zero-order valence-corrected chi connectivity index (χ0v) is 9.88. The Morgan fingerprint density at radius 3 is 3.00 bits per heavy atom. The van der Waals surface area contributed by atoms with Crippen molar-refractivity contribution in [1.29, 1.82) is 0 Å². The molecule has 86 valence electrons. The van der Waals surface area contributed by atoms with Crippen LogP contribution in [0.2, 0.25) is 5.02 Å². The van der Waals surface area contributed by atoms with Crippen molar-refractivity contribution < 1.29 is 9.53 Å². The van der Waals surface area contributed by atoms with Gasteiger partial charge in [-0.1, -0.05) is 17.7 Å². The molecule has 1 N–H and O–H groups in total. The number of hydrogen-bond donors (Lipinski definition) is 1. The van der Waals surface area contributed by atoms with Gasteiger partial charge in [0, 0.05) is 17.3 Å². The summed E-state index contributed by atoms with van der Waals surface area (Å²) in [7, 11) is 0. The fourth-order valence-corrected chi connectivity index (χ4v) is 1.86. The monoisotopic (exact) mass is 239 g/mol. The van der Waals surface area contributed by atoms with Gasteiger partial charge in [0.25, 0.3) is 5.91 Å². The number of hydrogen-bond acceptors (Lipinski definition) is 2. The maximum absolute atomic E-state index is 11.7. The first-order valence-corrected chi connectivity index (χ1v) is 5.73. The Morgan fingerprint density at radius 2 is 2.38 bits per heavy atom. The Bertz CT molecular complexity index is 400. The van der Waals surface area contributed by atoms with E-state index in [1.165, 1.54) is 0 Å². The van der Waals surface area contributed by atoms with Gasteiger partial charge in [-0.3, -0.25) is 4.79 Å². The molecule has 0 aliphatic carbocycles. The molecule has 1 aliphatic heterocycles. The third kappa shape index (κ3) is 2.54. The lowest BCUT2D eigenvalue weighted by atomic mass is 10.2. The van der Waals surface area contributed by atoms with Gasteiger partial charge in [0.1, 0.15) is 6.10 Å². The van der Waals surface area contributed by atoms with Crippen molar-refractivity contribution in [3.8, 4) is 0 Å². The highest BCUT2D eigenvalue weighted by molar-refractivity contribution is 6.31. The van der Waals surface area contributed by atoms with Gasteiger partial charge in [0.15, 0.2) is 0 Å². The first-order chi connectivity index (χ1) is 7.66. The number of anilines is 1. The van der Waals surface area contributed by atoms with Gasteiger partial charge in [-0.2, -0.15) is 0 Å². The Morgan fingerprint density at radius 1 is 1.56 bits per heavy atom. The predicted molar refractivity (Wildman–Crippen MR) is 63.8 cm³/mol. The summed E-state index contributed by atoms with van der Waals surface area (Å²) < 4.78 is 5.30. The number of ether oxygens (including phenoxy) is 1. The minimum Gasteiger partial charge on any atom is -0.368 e. The molecule has 4 heteroatoms. The van der Waals surface area contributed by atoms with Crippen LogP contribution in [0, 0.1) is 6.92 Å². The third-order valence-electron chi connectivity index (χ3n) is 2.66. The van der Waals surface area contributed by atoms with Crippen molar-refractivity contribution in [2.45, 2.75) is 25.9 Å². The SMILES string of the molecule is Cc1ccc(NC(=O)C2CCCO2)cc1Cl. The van der Waals surface area contributed by atoms with Crippen LogP contribution in [0.5, 0.6) is 0 Å². The molecule has 16 heavy (non-hydrogen) atoms.